The summed E-state index contributed by atoms with van der Waals surface area (Å²) in [6, 6.07) is 12.0. The van der Waals surface area contributed by atoms with E-state index in [9.17, 15) is 4.39 Å². The third-order valence-electron chi connectivity index (χ3n) is 6.70. The van der Waals surface area contributed by atoms with Gasteiger partial charge in [-0.3, -0.25) is 10.1 Å². The number of aryl methyl sites for hydroxylation is 1. The van der Waals surface area contributed by atoms with Crippen LogP contribution in [0, 0.1) is 18.6 Å². The van der Waals surface area contributed by atoms with E-state index in [4.69, 9.17) is 4.98 Å². The number of aromatic nitrogens is 6. The molecule has 0 fully saturated rings. The Balaban J connectivity index is 1.44. The highest BCUT2D eigenvalue weighted by Crippen LogP contribution is 2.36. The smallest absolute Gasteiger partial charge is 0.161 e. The number of likely N-dealkylation sites (N-methyl/N-ethyl adjacent to an activating group) is 1. The lowest BCUT2D eigenvalue weighted by Gasteiger charge is -2.12. The van der Waals surface area contributed by atoms with Gasteiger partial charge in [0.1, 0.15) is 22.8 Å². The summed E-state index contributed by atoms with van der Waals surface area (Å²) in [5, 5.41) is 10.9. The summed E-state index contributed by atoms with van der Waals surface area (Å²) in [4.78, 5) is 18.6. The largest absolute Gasteiger partial charge is 0.384 e. The molecule has 4 aromatic heterocycles. The second kappa shape index (κ2) is 9.88. The van der Waals surface area contributed by atoms with Crippen LogP contribution in [0.1, 0.15) is 5.56 Å². The topological polar surface area (TPSA) is 98.4 Å². The number of aromatic amines is 2. The minimum atomic E-state index is -0.417. The van der Waals surface area contributed by atoms with Crippen molar-refractivity contribution in [3.8, 4) is 33.8 Å². The first-order valence-electron chi connectivity index (χ1n) is 12.5. The van der Waals surface area contributed by atoms with E-state index in [0.29, 0.717) is 68.1 Å². The molecule has 0 aliphatic heterocycles. The van der Waals surface area contributed by atoms with Crippen LogP contribution in [-0.2, 0) is 0 Å². The van der Waals surface area contributed by atoms with Gasteiger partial charge < -0.3 is 15.2 Å². The standard InChI is InChI=1S/C29H26F2N8/c1-16-6-8-32-15-22(16)21-4-5-23-24(25(21)31)27(38-37-23)29-35-26-20(7-9-34-28(26)36-29)17-12-18(30)14-19(13-17)33-10-11-39(2)3/h4-9,12-15,33H,10-11H2,1-3H3,(H,37,38)(H,34,35,36). The lowest BCUT2D eigenvalue weighted by molar-refractivity contribution is 0.425. The molecule has 6 aromatic rings. The molecular weight excluding hydrogens is 498 g/mol. The van der Waals surface area contributed by atoms with Crippen LogP contribution in [0.2, 0.25) is 0 Å². The van der Waals surface area contributed by atoms with Gasteiger partial charge in [0.05, 0.1) is 10.9 Å². The molecule has 0 bridgehead atoms. The Bertz CT molecular complexity index is 1820. The molecule has 0 radical (unpaired) electrons. The van der Waals surface area contributed by atoms with E-state index in [2.05, 4.69) is 30.5 Å². The van der Waals surface area contributed by atoms with Crippen LogP contribution >= 0.6 is 0 Å². The van der Waals surface area contributed by atoms with Gasteiger partial charge in [0.15, 0.2) is 11.5 Å². The quantitative estimate of drug-likeness (QED) is 0.245. The molecule has 0 saturated carbocycles. The molecular formula is C29H26F2N8. The van der Waals surface area contributed by atoms with Gasteiger partial charge >= 0.3 is 0 Å². The normalized spacial score (nSPS) is 11.6. The second-order valence-electron chi connectivity index (χ2n) is 9.71. The van der Waals surface area contributed by atoms with Crippen LogP contribution in [0.25, 0.3) is 55.8 Å². The Morgan fingerprint density at radius 2 is 1.85 bits per heavy atom. The number of fused-ring (bicyclic) bond motifs is 2. The van der Waals surface area contributed by atoms with Crippen molar-refractivity contribution in [3.63, 3.8) is 0 Å². The van der Waals surface area contributed by atoms with Crippen LogP contribution < -0.4 is 5.32 Å². The number of pyridine rings is 2. The zero-order valence-electron chi connectivity index (χ0n) is 21.7. The first kappa shape index (κ1) is 24.6. The maximum Gasteiger partial charge on any atom is 0.161 e. The molecule has 4 heterocycles. The van der Waals surface area contributed by atoms with Crippen LogP contribution in [0.5, 0.6) is 0 Å². The summed E-state index contributed by atoms with van der Waals surface area (Å²) in [7, 11) is 3.97. The summed E-state index contributed by atoms with van der Waals surface area (Å²) < 4.78 is 30.6. The molecule has 0 atom stereocenters. The van der Waals surface area contributed by atoms with Crippen molar-refractivity contribution in [1.29, 1.82) is 0 Å². The molecule has 0 aliphatic rings. The molecule has 6 rings (SSSR count). The number of hydrogen-bond acceptors (Lipinski definition) is 6. The van der Waals surface area contributed by atoms with E-state index >= 15 is 4.39 Å². The van der Waals surface area contributed by atoms with Crippen LogP contribution in [0.3, 0.4) is 0 Å². The maximum atomic E-state index is 16.0. The Hall–Kier alpha value is -4.70. The van der Waals surface area contributed by atoms with Crippen molar-refractivity contribution in [1.82, 2.24) is 35.0 Å². The number of nitrogens with one attached hydrogen (secondary N) is 3. The van der Waals surface area contributed by atoms with Crippen LogP contribution in [0.15, 0.2) is 61.1 Å². The van der Waals surface area contributed by atoms with Gasteiger partial charge in [-0.15, -0.1) is 0 Å². The Morgan fingerprint density at radius 1 is 0.974 bits per heavy atom. The maximum absolute atomic E-state index is 16.0. The fraction of sp³-hybridized carbons (Fsp3) is 0.172. The average molecular weight is 525 g/mol. The fourth-order valence-electron chi connectivity index (χ4n) is 4.72. The molecule has 0 unspecified atom stereocenters. The van der Waals surface area contributed by atoms with Crippen molar-refractivity contribution >= 4 is 27.8 Å². The molecule has 0 saturated heterocycles. The summed E-state index contributed by atoms with van der Waals surface area (Å²) >= 11 is 0. The van der Waals surface area contributed by atoms with Crippen molar-refractivity contribution < 1.29 is 8.78 Å². The molecule has 3 N–H and O–H groups in total. The number of imidazole rings is 1. The van der Waals surface area contributed by atoms with Gasteiger partial charge in [-0.2, -0.15) is 5.10 Å². The minimum Gasteiger partial charge on any atom is -0.384 e. The average Bonchev–Trinajstić information content (AvgIpc) is 3.53. The zero-order chi connectivity index (χ0) is 27.1. The van der Waals surface area contributed by atoms with Gasteiger partial charge in [-0.25, -0.2) is 18.7 Å². The number of nitrogens with zero attached hydrogens (tertiary/aromatic N) is 5. The summed E-state index contributed by atoms with van der Waals surface area (Å²) in [5.41, 5.74) is 5.98. The number of H-pyrrole nitrogens is 2. The van der Waals surface area contributed by atoms with E-state index < -0.39 is 5.82 Å². The van der Waals surface area contributed by atoms with Gasteiger partial charge in [0.25, 0.3) is 0 Å². The molecule has 0 amide bonds. The first-order chi connectivity index (χ1) is 18.9. The Labute approximate surface area is 223 Å². The highest BCUT2D eigenvalue weighted by Gasteiger charge is 2.21. The Morgan fingerprint density at radius 3 is 2.67 bits per heavy atom. The minimum absolute atomic E-state index is 0.314. The first-order valence-corrected chi connectivity index (χ1v) is 12.5. The van der Waals surface area contributed by atoms with E-state index in [1.54, 1.807) is 36.8 Å². The van der Waals surface area contributed by atoms with Gasteiger partial charge in [-0.1, -0.05) is 0 Å². The van der Waals surface area contributed by atoms with Gasteiger partial charge in [0, 0.05) is 54.1 Å². The number of halogens is 2. The second-order valence-corrected chi connectivity index (χ2v) is 9.71. The molecule has 196 valence electrons. The third kappa shape index (κ3) is 4.59. The van der Waals surface area contributed by atoms with Crippen molar-refractivity contribution in [3.05, 3.63) is 78.3 Å². The van der Waals surface area contributed by atoms with E-state index in [0.717, 1.165) is 12.1 Å². The van der Waals surface area contributed by atoms with Crippen molar-refractivity contribution in [2.24, 2.45) is 0 Å². The number of benzene rings is 2. The predicted octanol–water partition coefficient (Wildman–Crippen LogP) is 5.79. The molecule has 2 aromatic carbocycles. The highest BCUT2D eigenvalue weighted by atomic mass is 19.1. The van der Waals surface area contributed by atoms with Gasteiger partial charge in [0.2, 0.25) is 0 Å². The molecule has 0 aliphatic carbocycles. The zero-order valence-corrected chi connectivity index (χ0v) is 21.7. The predicted molar refractivity (Wildman–Crippen MR) is 149 cm³/mol. The Kier molecular flexibility index (Phi) is 6.24. The fourth-order valence-corrected chi connectivity index (χ4v) is 4.72. The molecule has 39 heavy (non-hydrogen) atoms. The molecule has 0 spiro atoms. The summed E-state index contributed by atoms with van der Waals surface area (Å²) in [6.07, 6.45) is 4.97. The number of hydrogen-bond donors (Lipinski definition) is 3. The number of rotatable bonds is 7. The lowest BCUT2D eigenvalue weighted by atomic mass is 10.00. The molecule has 8 nitrogen and oxygen atoms in total. The van der Waals surface area contributed by atoms with Crippen LogP contribution in [-0.4, -0.2) is 62.2 Å². The monoisotopic (exact) mass is 524 g/mol. The van der Waals surface area contributed by atoms with E-state index in [1.165, 1.54) is 12.1 Å². The van der Waals surface area contributed by atoms with E-state index in [1.807, 2.05) is 38.1 Å². The summed E-state index contributed by atoms with van der Waals surface area (Å²) in [5.74, 6) is -0.422. The van der Waals surface area contributed by atoms with E-state index in [-0.39, 0.29) is 5.82 Å². The van der Waals surface area contributed by atoms with Crippen LogP contribution in [0.4, 0.5) is 14.5 Å². The highest BCUT2D eigenvalue weighted by molar-refractivity contribution is 5.98. The van der Waals surface area contributed by atoms with Crippen molar-refractivity contribution in [2.75, 3.05) is 32.5 Å². The number of anilines is 1. The SMILES string of the molecule is Cc1ccncc1-c1ccc2[nH]nc(-c3nc4c(-c5cc(F)cc(NCCN(C)C)c5)ccnc4[nH]3)c2c1F. The molecule has 10 heteroatoms. The lowest BCUT2D eigenvalue weighted by Crippen LogP contribution is -2.20. The third-order valence-corrected chi connectivity index (χ3v) is 6.70. The van der Waals surface area contributed by atoms with Gasteiger partial charge in [-0.05, 0) is 74.6 Å². The van der Waals surface area contributed by atoms with Crippen molar-refractivity contribution in [2.45, 2.75) is 6.92 Å². The summed E-state index contributed by atoms with van der Waals surface area (Å²) in [6.45, 7) is 3.40.